The second-order valence-corrected chi connectivity index (χ2v) is 8.30. The Hall–Kier alpha value is -1.65. The first-order valence-corrected chi connectivity index (χ1v) is 10.2. The molecular formula is C22H34IN5O2. The zero-order chi connectivity index (χ0) is 20.7. The van der Waals surface area contributed by atoms with Crippen LogP contribution in [0.1, 0.15) is 43.5 Å². The molecular weight excluding hydrogens is 493 g/mol. The van der Waals surface area contributed by atoms with Gasteiger partial charge in [-0.15, -0.1) is 24.0 Å². The number of oxazole rings is 1. The van der Waals surface area contributed by atoms with E-state index in [1.165, 1.54) is 11.1 Å². The average Bonchev–Trinajstić information content (AvgIpc) is 3.20. The van der Waals surface area contributed by atoms with Crippen LogP contribution in [0.4, 0.5) is 0 Å². The highest BCUT2D eigenvalue weighted by atomic mass is 127. The van der Waals surface area contributed by atoms with Gasteiger partial charge in [-0.05, 0) is 11.1 Å². The van der Waals surface area contributed by atoms with Gasteiger partial charge in [0.25, 0.3) is 0 Å². The number of halogens is 1. The van der Waals surface area contributed by atoms with E-state index in [-0.39, 0.29) is 29.4 Å². The molecule has 0 saturated carbocycles. The number of aliphatic imine (C=N–C) groups is 1. The van der Waals surface area contributed by atoms with Crippen molar-refractivity contribution >= 4 is 29.9 Å². The van der Waals surface area contributed by atoms with Crippen LogP contribution in [0.15, 0.2) is 39.9 Å². The van der Waals surface area contributed by atoms with Gasteiger partial charge in [0.05, 0.1) is 26.0 Å². The van der Waals surface area contributed by atoms with Crippen molar-refractivity contribution in [1.29, 1.82) is 0 Å². The lowest BCUT2D eigenvalue weighted by Crippen LogP contribution is -2.37. The molecule has 0 spiro atoms. The number of ether oxygens (including phenoxy) is 1. The summed E-state index contributed by atoms with van der Waals surface area (Å²) in [4.78, 5) is 11.1. The fourth-order valence-electron chi connectivity index (χ4n) is 3.18. The molecule has 8 heteroatoms. The third-order valence-electron chi connectivity index (χ3n) is 4.99. The highest BCUT2D eigenvalue weighted by Crippen LogP contribution is 2.22. The van der Waals surface area contributed by atoms with Gasteiger partial charge in [0.15, 0.2) is 5.96 Å². The van der Waals surface area contributed by atoms with E-state index in [9.17, 15) is 0 Å². The zero-order valence-electron chi connectivity index (χ0n) is 18.4. The fourth-order valence-corrected chi connectivity index (χ4v) is 3.18. The van der Waals surface area contributed by atoms with Gasteiger partial charge in [-0.2, -0.15) is 0 Å². The quantitative estimate of drug-likeness (QED) is 0.341. The summed E-state index contributed by atoms with van der Waals surface area (Å²) in [5.74, 6) is 2.27. The standard InChI is InChI=1S/C22H33N5O2.HI/c1-22(2,3)19-14-24-20(29-19)15-26-21(23-4)25-13-17-7-5-6-8-18(17)16-27-9-11-28-12-10-27;/h5-8,14H,9-13,15-16H2,1-4H3,(H2,23,25,26);1H. The predicted molar refractivity (Wildman–Crippen MR) is 130 cm³/mol. The van der Waals surface area contributed by atoms with Crippen LogP contribution >= 0.6 is 24.0 Å². The molecule has 0 atom stereocenters. The van der Waals surface area contributed by atoms with E-state index in [2.05, 4.69) is 70.5 Å². The number of hydrogen-bond donors (Lipinski definition) is 2. The summed E-state index contributed by atoms with van der Waals surface area (Å²) in [5, 5.41) is 6.67. The van der Waals surface area contributed by atoms with E-state index in [1.54, 1.807) is 13.2 Å². The van der Waals surface area contributed by atoms with Crippen molar-refractivity contribution in [2.24, 2.45) is 4.99 Å². The van der Waals surface area contributed by atoms with Crippen LogP contribution in [0.5, 0.6) is 0 Å². The molecule has 1 aromatic heterocycles. The van der Waals surface area contributed by atoms with E-state index < -0.39 is 0 Å². The van der Waals surface area contributed by atoms with Crippen LogP contribution in [-0.2, 0) is 29.8 Å². The normalized spacial score (nSPS) is 15.5. The van der Waals surface area contributed by atoms with Gasteiger partial charge in [0.2, 0.25) is 5.89 Å². The molecule has 3 rings (SSSR count). The molecule has 0 amide bonds. The smallest absolute Gasteiger partial charge is 0.213 e. The van der Waals surface area contributed by atoms with Gasteiger partial charge >= 0.3 is 0 Å². The molecule has 1 fully saturated rings. The Bertz CT molecular complexity index is 810. The molecule has 0 radical (unpaired) electrons. The second-order valence-electron chi connectivity index (χ2n) is 8.30. The van der Waals surface area contributed by atoms with Crippen molar-refractivity contribution in [3.63, 3.8) is 0 Å². The summed E-state index contributed by atoms with van der Waals surface area (Å²) in [5.41, 5.74) is 2.56. The average molecular weight is 527 g/mol. The summed E-state index contributed by atoms with van der Waals surface area (Å²) in [6.45, 7) is 12.1. The second kappa shape index (κ2) is 11.7. The van der Waals surface area contributed by atoms with Crippen molar-refractivity contribution in [3.05, 3.63) is 53.2 Å². The maximum Gasteiger partial charge on any atom is 0.213 e. The molecule has 0 unspecified atom stereocenters. The van der Waals surface area contributed by atoms with Crippen molar-refractivity contribution in [1.82, 2.24) is 20.5 Å². The Morgan fingerprint density at radius 2 is 1.77 bits per heavy atom. The summed E-state index contributed by atoms with van der Waals surface area (Å²) >= 11 is 0. The van der Waals surface area contributed by atoms with E-state index in [1.807, 2.05) is 0 Å². The lowest BCUT2D eigenvalue weighted by atomic mass is 9.94. The van der Waals surface area contributed by atoms with Gasteiger partial charge in [0, 0.05) is 38.6 Å². The highest BCUT2D eigenvalue weighted by molar-refractivity contribution is 14.0. The van der Waals surface area contributed by atoms with Crippen LogP contribution in [0.2, 0.25) is 0 Å². The largest absolute Gasteiger partial charge is 0.443 e. The minimum atomic E-state index is -0.0463. The Balaban J connectivity index is 0.00000320. The molecule has 7 nitrogen and oxygen atoms in total. The number of benzene rings is 1. The molecule has 1 aromatic carbocycles. The van der Waals surface area contributed by atoms with Crippen molar-refractivity contribution in [2.75, 3.05) is 33.4 Å². The predicted octanol–water partition coefficient (Wildman–Crippen LogP) is 3.29. The van der Waals surface area contributed by atoms with E-state index in [0.29, 0.717) is 19.0 Å². The SMILES string of the molecule is CN=C(NCc1ncc(C(C)(C)C)o1)NCc1ccccc1CN1CCOCC1.I. The van der Waals surface area contributed by atoms with Gasteiger partial charge in [0.1, 0.15) is 5.76 Å². The van der Waals surface area contributed by atoms with Crippen LogP contribution in [-0.4, -0.2) is 49.2 Å². The Morgan fingerprint density at radius 1 is 1.10 bits per heavy atom. The fraction of sp³-hybridized carbons (Fsp3) is 0.545. The van der Waals surface area contributed by atoms with Crippen LogP contribution < -0.4 is 10.6 Å². The Morgan fingerprint density at radius 3 is 2.40 bits per heavy atom. The van der Waals surface area contributed by atoms with E-state index >= 15 is 0 Å². The Labute approximate surface area is 196 Å². The first-order chi connectivity index (χ1) is 14.0. The Kier molecular flexibility index (Phi) is 9.57. The van der Waals surface area contributed by atoms with Gasteiger partial charge < -0.3 is 19.8 Å². The first kappa shape index (κ1) is 24.6. The number of nitrogens with zero attached hydrogens (tertiary/aromatic N) is 3. The highest BCUT2D eigenvalue weighted by Gasteiger charge is 2.19. The first-order valence-electron chi connectivity index (χ1n) is 10.2. The molecule has 2 aromatic rings. The lowest BCUT2D eigenvalue weighted by Gasteiger charge is -2.27. The molecule has 1 saturated heterocycles. The van der Waals surface area contributed by atoms with Crippen LogP contribution in [0.3, 0.4) is 0 Å². The number of guanidine groups is 1. The molecule has 1 aliphatic rings. The maximum absolute atomic E-state index is 5.84. The molecule has 2 heterocycles. The summed E-state index contributed by atoms with van der Waals surface area (Å²) in [6.07, 6.45) is 1.80. The minimum absolute atomic E-state index is 0. The molecule has 0 aliphatic carbocycles. The molecule has 30 heavy (non-hydrogen) atoms. The third kappa shape index (κ3) is 7.24. The minimum Gasteiger partial charge on any atom is -0.443 e. The number of aromatic nitrogens is 1. The number of morpholine rings is 1. The molecule has 0 bridgehead atoms. The van der Waals surface area contributed by atoms with E-state index in [0.717, 1.165) is 44.6 Å². The maximum atomic E-state index is 5.84. The molecule has 2 N–H and O–H groups in total. The number of rotatable bonds is 6. The van der Waals surface area contributed by atoms with Crippen LogP contribution in [0.25, 0.3) is 0 Å². The van der Waals surface area contributed by atoms with Crippen molar-refractivity contribution in [3.8, 4) is 0 Å². The number of nitrogens with one attached hydrogen (secondary N) is 2. The zero-order valence-corrected chi connectivity index (χ0v) is 20.7. The van der Waals surface area contributed by atoms with Gasteiger partial charge in [-0.25, -0.2) is 4.98 Å². The van der Waals surface area contributed by atoms with Gasteiger partial charge in [-0.3, -0.25) is 9.89 Å². The van der Waals surface area contributed by atoms with Gasteiger partial charge in [-0.1, -0.05) is 45.0 Å². The lowest BCUT2D eigenvalue weighted by molar-refractivity contribution is 0.0341. The third-order valence-corrected chi connectivity index (χ3v) is 4.99. The van der Waals surface area contributed by atoms with Crippen molar-refractivity contribution < 1.29 is 9.15 Å². The summed E-state index contributed by atoms with van der Waals surface area (Å²) in [6, 6.07) is 8.54. The van der Waals surface area contributed by atoms with Crippen LogP contribution in [0, 0.1) is 0 Å². The molecule has 1 aliphatic heterocycles. The summed E-state index contributed by atoms with van der Waals surface area (Å²) in [7, 11) is 1.77. The molecule has 166 valence electrons. The monoisotopic (exact) mass is 527 g/mol. The van der Waals surface area contributed by atoms with Crippen molar-refractivity contribution in [2.45, 2.75) is 45.8 Å². The number of hydrogen-bond acceptors (Lipinski definition) is 5. The summed E-state index contributed by atoms with van der Waals surface area (Å²) < 4.78 is 11.3. The van der Waals surface area contributed by atoms with E-state index in [4.69, 9.17) is 9.15 Å². The topological polar surface area (TPSA) is 74.9 Å².